The van der Waals surface area contributed by atoms with E-state index >= 15 is 0 Å². The van der Waals surface area contributed by atoms with Crippen molar-refractivity contribution in [2.45, 2.75) is 32.3 Å². The summed E-state index contributed by atoms with van der Waals surface area (Å²) in [6, 6.07) is 8.54. The van der Waals surface area contributed by atoms with Gasteiger partial charge >= 0.3 is 5.97 Å². The van der Waals surface area contributed by atoms with Gasteiger partial charge in [-0.05, 0) is 38.5 Å². The van der Waals surface area contributed by atoms with Crippen LogP contribution in [0.25, 0.3) is 0 Å². The lowest BCUT2D eigenvalue weighted by Crippen LogP contribution is -2.27. The molecule has 90 valence electrons. The summed E-state index contributed by atoms with van der Waals surface area (Å²) in [6.07, 6.45) is 0. The summed E-state index contributed by atoms with van der Waals surface area (Å²) in [6.45, 7) is 5.30. The van der Waals surface area contributed by atoms with Crippen molar-refractivity contribution in [3.63, 3.8) is 0 Å². The molecule has 0 aliphatic rings. The normalized spacial score (nSPS) is 12.6. The van der Waals surface area contributed by atoms with Gasteiger partial charge < -0.3 is 4.74 Å². The maximum absolute atomic E-state index is 11.8. The fourth-order valence-corrected chi connectivity index (χ4v) is 1.41. The van der Waals surface area contributed by atoms with Crippen molar-refractivity contribution in [1.82, 2.24) is 0 Å². The van der Waals surface area contributed by atoms with Gasteiger partial charge in [0, 0.05) is 5.02 Å². The second-order valence-corrected chi connectivity index (χ2v) is 5.08. The van der Waals surface area contributed by atoms with E-state index in [1.807, 2.05) is 6.07 Å². The molecule has 1 aromatic carbocycles. The van der Waals surface area contributed by atoms with Crippen LogP contribution in [-0.4, -0.2) is 11.6 Å². The van der Waals surface area contributed by atoms with Crippen LogP contribution >= 0.6 is 11.6 Å². The number of hydrogen-bond acceptors (Lipinski definition) is 3. The van der Waals surface area contributed by atoms with E-state index < -0.39 is 17.5 Å². The molecular formula is C13H14ClNO2. The number of nitriles is 1. The second-order valence-electron chi connectivity index (χ2n) is 4.65. The van der Waals surface area contributed by atoms with Gasteiger partial charge in [0.15, 0.2) is 5.92 Å². The highest BCUT2D eigenvalue weighted by Gasteiger charge is 2.26. The summed E-state index contributed by atoms with van der Waals surface area (Å²) >= 11 is 5.75. The van der Waals surface area contributed by atoms with Crippen LogP contribution in [0.4, 0.5) is 0 Å². The van der Waals surface area contributed by atoms with Gasteiger partial charge in [-0.3, -0.25) is 4.79 Å². The molecule has 0 heterocycles. The average molecular weight is 252 g/mol. The largest absolute Gasteiger partial charge is 0.459 e. The van der Waals surface area contributed by atoms with Crippen molar-refractivity contribution in [3.05, 3.63) is 34.9 Å². The van der Waals surface area contributed by atoms with E-state index in [0.29, 0.717) is 10.6 Å². The third-order valence-electron chi connectivity index (χ3n) is 1.97. The van der Waals surface area contributed by atoms with Crippen LogP contribution in [-0.2, 0) is 9.53 Å². The van der Waals surface area contributed by atoms with Gasteiger partial charge in [0.25, 0.3) is 0 Å². The first kappa shape index (κ1) is 13.5. The number of ether oxygens (including phenoxy) is 1. The van der Waals surface area contributed by atoms with Crippen molar-refractivity contribution in [2.75, 3.05) is 0 Å². The maximum atomic E-state index is 11.8. The summed E-state index contributed by atoms with van der Waals surface area (Å²) in [4.78, 5) is 11.8. The number of hydrogen-bond donors (Lipinski definition) is 0. The topological polar surface area (TPSA) is 50.1 Å². The molecule has 4 heteroatoms. The van der Waals surface area contributed by atoms with Crippen molar-refractivity contribution in [3.8, 4) is 6.07 Å². The number of esters is 1. The summed E-state index contributed by atoms with van der Waals surface area (Å²) in [5, 5.41) is 9.60. The Morgan fingerprint density at radius 2 is 1.88 bits per heavy atom. The molecular weight excluding hydrogens is 238 g/mol. The molecule has 0 aliphatic heterocycles. The molecule has 0 fully saturated rings. The molecule has 1 rings (SSSR count). The highest BCUT2D eigenvalue weighted by atomic mass is 35.5. The zero-order valence-corrected chi connectivity index (χ0v) is 10.8. The van der Waals surface area contributed by atoms with Crippen molar-refractivity contribution >= 4 is 17.6 Å². The van der Waals surface area contributed by atoms with Gasteiger partial charge in [-0.15, -0.1) is 0 Å². The molecule has 0 saturated carbocycles. The number of rotatable bonds is 2. The molecule has 0 spiro atoms. The van der Waals surface area contributed by atoms with Crippen molar-refractivity contribution in [2.24, 2.45) is 0 Å². The average Bonchev–Trinajstić information content (AvgIpc) is 2.19. The first-order chi connectivity index (χ1) is 7.83. The van der Waals surface area contributed by atoms with Crippen molar-refractivity contribution in [1.29, 1.82) is 5.26 Å². The third-order valence-corrected chi connectivity index (χ3v) is 2.23. The van der Waals surface area contributed by atoms with E-state index in [-0.39, 0.29) is 0 Å². The van der Waals surface area contributed by atoms with Gasteiger partial charge in [-0.25, -0.2) is 0 Å². The summed E-state index contributed by atoms with van der Waals surface area (Å²) in [7, 11) is 0. The lowest BCUT2D eigenvalue weighted by Gasteiger charge is -2.21. The highest BCUT2D eigenvalue weighted by Crippen LogP contribution is 2.21. The maximum Gasteiger partial charge on any atom is 0.328 e. The Balaban J connectivity index is 2.90. The Kier molecular flexibility index (Phi) is 4.14. The zero-order chi connectivity index (χ0) is 13.1. The van der Waals surface area contributed by atoms with E-state index in [4.69, 9.17) is 21.6 Å². The van der Waals surface area contributed by atoms with Gasteiger partial charge in [-0.2, -0.15) is 5.26 Å². The standard InChI is InChI=1S/C13H14ClNO2/c1-13(2,3)17-12(16)11(8-15)9-4-6-10(14)7-5-9/h4-7,11H,1-3H3. The van der Waals surface area contributed by atoms with Crippen LogP contribution in [0.3, 0.4) is 0 Å². The Morgan fingerprint density at radius 3 is 2.29 bits per heavy atom. The van der Waals surface area contributed by atoms with E-state index in [9.17, 15) is 4.79 Å². The highest BCUT2D eigenvalue weighted by molar-refractivity contribution is 6.30. The molecule has 0 aliphatic carbocycles. The number of benzene rings is 1. The lowest BCUT2D eigenvalue weighted by atomic mass is 10.0. The number of carbonyl (C=O) groups excluding carboxylic acids is 1. The SMILES string of the molecule is CC(C)(C)OC(=O)C(C#N)c1ccc(Cl)cc1. The monoisotopic (exact) mass is 251 g/mol. The zero-order valence-electron chi connectivity index (χ0n) is 10.0. The quantitative estimate of drug-likeness (QED) is 0.758. The second kappa shape index (κ2) is 5.20. The Morgan fingerprint density at radius 1 is 1.35 bits per heavy atom. The van der Waals surface area contributed by atoms with Gasteiger partial charge in [0.05, 0.1) is 6.07 Å². The fraction of sp³-hybridized carbons (Fsp3) is 0.385. The number of halogens is 1. The van der Waals surface area contributed by atoms with Crippen LogP contribution in [0.2, 0.25) is 5.02 Å². The third kappa shape index (κ3) is 4.08. The van der Waals surface area contributed by atoms with E-state index in [0.717, 1.165) is 0 Å². The molecule has 0 bridgehead atoms. The molecule has 1 aromatic rings. The molecule has 0 saturated heterocycles. The van der Waals surface area contributed by atoms with Crippen LogP contribution in [0.5, 0.6) is 0 Å². The molecule has 1 unspecified atom stereocenters. The van der Waals surface area contributed by atoms with Gasteiger partial charge in [0.1, 0.15) is 5.60 Å². The Labute approximate surface area is 106 Å². The molecule has 0 radical (unpaired) electrons. The first-order valence-electron chi connectivity index (χ1n) is 5.21. The Hall–Kier alpha value is -1.53. The predicted molar refractivity (Wildman–Crippen MR) is 65.7 cm³/mol. The smallest absolute Gasteiger partial charge is 0.328 e. The Bertz CT molecular complexity index is 440. The minimum Gasteiger partial charge on any atom is -0.459 e. The van der Waals surface area contributed by atoms with Gasteiger partial charge in [-0.1, -0.05) is 23.7 Å². The fourth-order valence-electron chi connectivity index (χ4n) is 1.28. The van der Waals surface area contributed by atoms with Crippen LogP contribution < -0.4 is 0 Å². The molecule has 1 atom stereocenters. The summed E-state index contributed by atoms with van der Waals surface area (Å²) in [5.74, 6) is -1.45. The summed E-state index contributed by atoms with van der Waals surface area (Å²) < 4.78 is 5.18. The molecule has 17 heavy (non-hydrogen) atoms. The summed E-state index contributed by atoms with van der Waals surface area (Å²) in [5.41, 5.74) is -0.00957. The van der Waals surface area contributed by atoms with Crippen LogP contribution in [0.1, 0.15) is 32.3 Å². The van der Waals surface area contributed by atoms with Gasteiger partial charge in [0.2, 0.25) is 0 Å². The van der Waals surface area contributed by atoms with Crippen LogP contribution in [0.15, 0.2) is 24.3 Å². The van der Waals surface area contributed by atoms with E-state index in [1.54, 1.807) is 45.0 Å². The minimum absolute atomic E-state index is 0.540. The van der Waals surface area contributed by atoms with Crippen LogP contribution in [0, 0.1) is 11.3 Å². The predicted octanol–water partition coefficient (Wildman–Crippen LogP) is 3.29. The molecule has 3 nitrogen and oxygen atoms in total. The first-order valence-corrected chi connectivity index (χ1v) is 5.59. The number of nitrogens with zero attached hydrogens (tertiary/aromatic N) is 1. The molecule has 0 aromatic heterocycles. The molecule has 0 N–H and O–H groups in total. The number of carbonyl (C=O) groups is 1. The lowest BCUT2D eigenvalue weighted by molar-refractivity contribution is -0.155. The van der Waals surface area contributed by atoms with Crippen molar-refractivity contribution < 1.29 is 9.53 Å². The molecule has 0 amide bonds. The van der Waals surface area contributed by atoms with E-state index in [1.165, 1.54) is 0 Å². The van der Waals surface area contributed by atoms with E-state index in [2.05, 4.69) is 0 Å². The minimum atomic E-state index is -0.911.